The Morgan fingerprint density at radius 1 is 1.21 bits per heavy atom. The second-order valence-corrected chi connectivity index (χ2v) is 6.63. The molecular weight excluding hydrogens is 479 g/mol. The summed E-state index contributed by atoms with van der Waals surface area (Å²) >= 11 is 0. The van der Waals surface area contributed by atoms with Crippen molar-refractivity contribution in [2.24, 2.45) is 4.99 Å². The van der Waals surface area contributed by atoms with Crippen molar-refractivity contribution in [1.29, 1.82) is 0 Å². The summed E-state index contributed by atoms with van der Waals surface area (Å²) in [5.74, 6) is 0.877. The number of hydrogen-bond acceptors (Lipinski definition) is 4. The van der Waals surface area contributed by atoms with E-state index < -0.39 is 0 Å². The number of guanidine groups is 1. The lowest BCUT2D eigenvalue weighted by Crippen LogP contribution is -2.47. The number of hydrogen-bond donors (Lipinski definition) is 3. The third kappa shape index (κ3) is 7.52. The molecule has 1 saturated heterocycles. The number of amides is 1. The van der Waals surface area contributed by atoms with E-state index in [1.54, 1.807) is 0 Å². The minimum absolute atomic E-state index is 0. The first kappa shape index (κ1) is 22.9. The molecule has 2 heterocycles. The van der Waals surface area contributed by atoms with E-state index in [0.717, 1.165) is 49.0 Å². The van der Waals surface area contributed by atoms with Crippen LogP contribution >= 0.6 is 24.0 Å². The molecule has 7 nitrogen and oxygen atoms in total. The van der Waals surface area contributed by atoms with Crippen molar-refractivity contribution in [2.45, 2.75) is 19.9 Å². The third-order valence-corrected chi connectivity index (χ3v) is 4.50. The topological polar surface area (TPSA) is 81.7 Å². The predicted molar refractivity (Wildman–Crippen MR) is 128 cm³/mol. The molecule has 3 rings (SSSR count). The number of carbonyl (C=O) groups is 1. The van der Waals surface area contributed by atoms with Gasteiger partial charge in [-0.05, 0) is 36.8 Å². The summed E-state index contributed by atoms with van der Waals surface area (Å²) in [5, 5.41) is 9.48. The second-order valence-electron chi connectivity index (χ2n) is 6.63. The van der Waals surface area contributed by atoms with Gasteiger partial charge in [-0.15, -0.1) is 24.0 Å². The molecule has 1 aromatic heterocycles. The SMILES string of the molecule is CCNC(=NCc1ccc(N2CCNC(=O)C2)cc1)NCCc1ccccn1.I. The summed E-state index contributed by atoms with van der Waals surface area (Å²) in [5.41, 5.74) is 3.27. The Bertz CT molecular complexity index is 782. The fraction of sp³-hybridized carbons (Fsp3) is 0.381. The lowest BCUT2D eigenvalue weighted by Gasteiger charge is -2.28. The first-order valence-corrected chi connectivity index (χ1v) is 9.77. The lowest BCUT2D eigenvalue weighted by atomic mass is 10.2. The highest BCUT2D eigenvalue weighted by Crippen LogP contribution is 2.16. The van der Waals surface area contributed by atoms with E-state index in [2.05, 4.69) is 62.0 Å². The van der Waals surface area contributed by atoms with E-state index >= 15 is 0 Å². The summed E-state index contributed by atoms with van der Waals surface area (Å²) in [7, 11) is 0. The standard InChI is InChI=1S/C21H28N6O.HI/c1-2-22-21(25-12-10-18-5-3-4-11-23-18)26-15-17-6-8-19(9-7-17)27-14-13-24-20(28)16-27;/h3-9,11H,2,10,12-16H2,1H3,(H,24,28)(H2,22,25,26);1H. The first-order chi connectivity index (χ1) is 13.7. The molecule has 8 heteroatoms. The van der Waals surface area contributed by atoms with E-state index in [1.165, 1.54) is 0 Å². The number of piperazine rings is 1. The van der Waals surface area contributed by atoms with E-state index in [-0.39, 0.29) is 29.9 Å². The van der Waals surface area contributed by atoms with Crippen LogP contribution in [0.25, 0.3) is 0 Å². The van der Waals surface area contributed by atoms with Crippen LogP contribution in [0.3, 0.4) is 0 Å². The molecule has 0 radical (unpaired) electrons. The summed E-state index contributed by atoms with van der Waals surface area (Å²) in [6.07, 6.45) is 2.66. The number of halogens is 1. The van der Waals surface area contributed by atoms with Crippen LogP contribution < -0.4 is 20.9 Å². The van der Waals surface area contributed by atoms with Crippen LogP contribution in [0, 0.1) is 0 Å². The summed E-state index contributed by atoms with van der Waals surface area (Å²) in [6.45, 7) is 6.20. The molecule has 1 aliphatic heterocycles. The van der Waals surface area contributed by atoms with Crippen LogP contribution in [0.15, 0.2) is 53.7 Å². The van der Waals surface area contributed by atoms with Gasteiger partial charge >= 0.3 is 0 Å². The summed E-state index contributed by atoms with van der Waals surface area (Å²) < 4.78 is 0. The van der Waals surface area contributed by atoms with Crippen molar-refractivity contribution in [3.8, 4) is 0 Å². The van der Waals surface area contributed by atoms with Gasteiger partial charge in [-0.2, -0.15) is 0 Å². The number of anilines is 1. The maximum absolute atomic E-state index is 11.5. The van der Waals surface area contributed by atoms with Crippen molar-refractivity contribution in [2.75, 3.05) is 37.6 Å². The van der Waals surface area contributed by atoms with E-state index in [9.17, 15) is 4.79 Å². The highest BCUT2D eigenvalue weighted by atomic mass is 127. The molecule has 0 atom stereocenters. The van der Waals surface area contributed by atoms with Gasteiger partial charge in [-0.3, -0.25) is 9.78 Å². The molecule has 0 aliphatic carbocycles. The maximum Gasteiger partial charge on any atom is 0.239 e. The zero-order chi connectivity index (χ0) is 19.6. The van der Waals surface area contributed by atoms with Crippen molar-refractivity contribution in [3.05, 3.63) is 59.9 Å². The average molecular weight is 508 g/mol. The van der Waals surface area contributed by atoms with Gasteiger partial charge in [0.1, 0.15) is 0 Å². The molecule has 2 aromatic rings. The van der Waals surface area contributed by atoms with Crippen LogP contribution in [0.4, 0.5) is 5.69 Å². The number of nitrogens with zero attached hydrogens (tertiary/aromatic N) is 3. The fourth-order valence-electron chi connectivity index (χ4n) is 3.04. The molecule has 156 valence electrons. The fourth-order valence-corrected chi connectivity index (χ4v) is 3.04. The molecule has 0 unspecified atom stereocenters. The number of aromatic nitrogens is 1. The molecule has 3 N–H and O–H groups in total. The van der Waals surface area contributed by atoms with Gasteiger partial charge in [0.25, 0.3) is 0 Å². The van der Waals surface area contributed by atoms with Crippen LogP contribution in [0.5, 0.6) is 0 Å². The Morgan fingerprint density at radius 2 is 2.03 bits per heavy atom. The number of nitrogens with one attached hydrogen (secondary N) is 3. The van der Waals surface area contributed by atoms with Gasteiger partial charge in [0.2, 0.25) is 5.91 Å². The largest absolute Gasteiger partial charge is 0.360 e. The number of benzene rings is 1. The van der Waals surface area contributed by atoms with Gasteiger partial charge in [0, 0.05) is 50.2 Å². The Hall–Kier alpha value is -2.36. The molecule has 1 amide bonds. The van der Waals surface area contributed by atoms with Gasteiger partial charge in [-0.1, -0.05) is 18.2 Å². The van der Waals surface area contributed by atoms with Gasteiger partial charge in [0.05, 0.1) is 13.1 Å². The molecule has 1 aromatic carbocycles. The minimum atomic E-state index is 0. The molecule has 0 saturated carbocycles. The highest BCUT2D eigenvalue weighted by molar-refractivity contribution is 14.0. The zero-order valence-electron chi connectivity index (χ0n) is 16.7. The Morgan fingerprint density at radius 3 is 2.72 bits per heavy atom. The third-order valence-electron chi connectivity index (χ3n) is 4.50. The number of rotatable bonds is 7. The summed E-state index contributed by atoms with van der Waals surface area (Å²) in [4.78, 5) is 22.6. The monoisotopic (exact) mass is 508 g/mol. The van der Waals surface area contributed by atoms with Gasteiger partial charge < -0.3 is 20.9 Å². The lowest BCUT2D eigenvalue weighted by molar-refractivity contribution is -0.120. The second kappa shape index (κ2) is 12.3. The smallest absolute Gasteiger partial charge is 0.239 e. The van der Waals surface area contributed by atoms with Crippen LogP contribution in [-0.4, -0.2) is 49.6 Å². The Labute approximate surface area is 189 Å². The normalized spacial score (nSPS) is 14.0. The van der Waals surface area contributed by atoms with Crippen molar-refractivity contribution in [3.63, 3.8) is 0 Å². The Kier molecular flexibility index (Phi) is 9.69. The quantitative estimate of drug-likeness (QED) is 0.303. The molecule has 0 spiro atoms. The molecule has 0 bridgehead atoms. The number of pyridine rings is 1. The van der Waals surface area contributed by atoms with E-state index in [1.807, 2.05) is 24.4 Å². The number of aliphatic imine (C=N–C) groups is 1. The number of carbonyl (C=O) groups excluding carboxylic acids is 1. The molecule has 1 aliphatic rings. The Balaban J connectivity index is 0.00000300. The van der Waals surface area contributed by atoms with Crippen LogP contribution in [0.2, 0.25) is 0 Å². The van der Waals surface area contributed by atoms with Gasteiger partial charge in [-0.25, -0.2) is 4.99 Å². The van der Waals surface area contributed by atoms with Crippen LogP contribution in [0.1, 0.15) is 18.2 Å². The highest BCUT2D eigenvalue weighted by Gasteiger charge is 2.16. The molecule has 29 heavy (non-hydrogen) atoms. The zero-order valence-corrected chi connectivity index (χ0v) is 19.1. The van der Waals surface area contributed by atoms with E-state index in [0.29, 0.717) is 19.6 Å². The van der Waals surface area contributed by atoms with Crippen molar-refractivity contribution >= 4 is 41.5 Å². The van der Waals surface area contributed by atoms with Gasteiger partial charge in [0.15, 0.2) is 5.96 Å². The summed E-state index contributed by atoms with van der Waals surface area (Å²) in [6, 6.07) is 14.2. The van der Waals surface area contributed by atoms with Crippen molar-refractivity contribution in [1.82, 2.24) is 20.9 Å². The minimum Gasteiger partial charge on any atom is -0.360 e. The maximum atomic E-state index is 11.5. The average Bonchev–Trinajstić information content (AvgIpc) is 2.73. The predicted octanol–water partition coefficient (Wildman–Crippen LogP) is 1.93. The van der Waals surface area contributed by atoms with Crippen molar-refractivity contribution < 1.29 is 4.79 Å². The first-order valence-electron chi connectivity index (χ1n) is 9.77. The molecular formula is C21H29IN6O. The van der Waals surface area contributed by atoms with Crippen LogP contribution in [-0.2, 0) is 17.8 Å². The van der Waals surface area contributed by atoms with E-state index in [4.69, 9.17) is 0 Å². The molecule has 1 fully saturated rings.